The highest BCUT2D eigenvalue weighted by Gasteiger charge is 2.39. The Morgan fingerprint density at radius 1 is 0.304 bits per heavy atom. The Morgan fingerprint density at radius 3 is 1.11 bits per heavy atom. The predicted molar refractivity (Wildman–Crippen MR) is 236 cm³/mol. The van der Waals surface area contributed by atoms with Crippen LogP contribution in [0.25, 0.3) is 88.4 Å². The maximum atomic E-state index is 2.48. The summed E-state index contributed by atoms with van der Waals surface area (Å²) in [6.07, 6.45) is 0. The molecule has 2 aliphatic carbocycles. The van der Waals surface area contributed by atoms with Gasteiger partial charge >= 0.3 is 0 Å². The van der Waals surface area contributed by atoms with Crippen LogP contribution in [0.3, 0.4) is 0 Å². The van der Waals surface area contributed by atoms with Crippen LogP contribution in [-0.4, -0.2) is 9.13 Å². The molecule has 12 rings (SSSR count). The fourth-order valence-electron chi connectivity index (χ4n) is 10.5. The van der Waals surface area contributed by atoms with Gasteiger partial charge in [-0.25, -0.2) is 0 Å². The van der Waals surface area contributed by atoms with E-state index in [1.165, 1.54) is 111 Å². The van der Waals surface area contributed by atoms with Gasteiger partial charge in [-0.2, -0.15) is 0 Å². The minimum absolute atomic E-state index is 0.140. The van der Waals surface area contributed by atoms with Gasteiger partial charge in [-0.1, -0.05) is 125 Å². The van der Waals surface area contributed by atoms with Gasteiger partial charge in [0.15, 0.2) is 0 Å². The first kappa shape index (κ1) is 31.7. The number of para-hydroxylation sites is 4. The van der Waals surface area contributed by atoms with Gasteiger partial charge in [0, 0.05) is 43.7 Å². The standard InChI is InChI=1S/C54H40N2/c1-53(2)45-27-33(23-25-37(45)41-31-51-43(29-47(41)53)39-19-11-13-21-49(39)55(51)35-15-7-5-8-16-35)34-24-26-38-42-32-52-44(30-48(42)54(3,4)46(38)28-34)40-20-12-14-22-50(40)56(52)36-17-9-6-10-18-36/h5-32H,1-4H3. The van der Waals surface area contributed by atoms with Crippen LogP contribution in [0.4, 0.5) is 0 Å². The molecule has 0 unspecified atom stereocenters. The first-order chi connectivity index (χ1) is 27.3. The third-order valence-corrected chi connectivity index (χ3v) is 13.3. The van der Waals surface area contributed by atoms with E-state index in [1.54, 1.807) is 0 Å². The summed E-state index contributed by atoms with van der Waals surface area (Å²) in [5, 5.41) is 5.22. The molecular weight excluding hydrogens is 677 g/mol. The molecule has 0 amide bonds. The Kier molecular flexibility index (Phi) is 6.22. The summed E-state index contributed by atoms with van der Waals surface area (Å²) in [5.74, 6) is 0. The van der Waals surface area contributed by atoms with Crippen LogP contribution >= 0.6 is 0 Å². The quantitative estimate of drug-likeness (QED) is 0.172. The first-order valence-electron chi connectivity index (χ1n) is 19.9. The number of nitrogens with zero attached hydrogens (tertiary/aromatic N) is 2. The summed E-state index contributed by atoms with van der Waals surface area (Å²) in [6.45, 7) is 9.62. The molecule has 2 nitrogen and oxygen atoms in total. The zero-order valence-electron chi connectivity index (χ0n) is 32.1. The van der Waals surface area contributed by atoms with Crippen LogP contribution in [0, 0.1) is 0 Å². The van der Waals surface area contributed by atoms with Crippen molar-refractivity contribution in [3.05, 3.63) is 192 Å². The fraction of sp³-hybridized carbons (Fsp3) is 0.111. The van der Waals surface area contributed by atoms with Crippen molar-refractivity contribution in [2.75, 3.05) is 0 Å². The largest absolute Gasteiger partial charge is 0.309 e. The number of benzene rings is 8. The van der Waals surface area contributed by atoms with Crippen LogP contribution in [0.5, 0.6) is 0 Å². The van der Waals surface area contributed by atoms with Crippen molar-refractivity contribution in [3.8, 4) is 44.8 Å². The molecule has 10 aromatic rings. The fourth-order valence-corrected chi connectivity index (χ4v) is 10.5. The first-order valence-corrected chi connectivity index (χ1v) is 19.9. The van der Waals surface area contributed by atoms with Gasteiger partial charge in [0.05, 0.1) is 22.1 Å². The van der Waals surface area contributed by atoms with Gasteiger partial charge in [-0.05, 0) is 128 Å². The summed E-state index contributed by atoms with van der Waals surface area (Å²) in [5.41, 5.74) is 20.6. The second kappa shape index (κ2) is 11.0. The molecule has 0 fully saturated rings. The summed E-state index contributed by atoms with van der Waals surface area (Å²) >= 11 is 0. The van der Waals surface area contributed by atoms with E-state index in [1.807, 2.05) is 0 Å². The van der Waals surface area contributed by atoms with Crippen LogP contribution in [-0.2, 0) is 10.8 Å². The molecule has 0 radical (unpaired) electrons. The topological polar surface area (TPSA) is 9.86 Å². The highest BCUT2D eigenvalue weighted by Crippen LogP contribution is 2.54. The number of hydrogen-bond donors (Lipinski definition) is 0. The Balaban J connectivity index is 0.995. The minimum Gasteiger partial charge on any atom is -0.309 e. The molecular formula is C54H40N2. The average molecular weight is 717 g/mol. The van der Waals surface area contributed by atoms with Crippen LogP contribution in [0.1, 0.15) is 49.9 Å². The lowest BCUT2D eigenvalue weighted by molar-refractivity contribution is 0.660. The van der Waals surface area contributed by atoms with E-state index < -0.39 is 0 Å². The van der Waals surface area contributed by atoms with Crippen molar-refractivity contribution in [2.24, 2.45) is 0 Å². The highest BCUT2D eigenvalue weighted by molar-refractivity contribution is 6.13. The molecule has 0 bridgehead atoms. The lowest BCUT2D eigenvalue weighted by atomic mass is 9.80. The summed E-state index contributed by atoms with van der Waals surface area (Å²) in [7, 11) is 0. The Morgan fingerprint density at radius 2 is 0.679 bits per heavy atom. The molecule has 8 aromatic carbocycles. The third kappa shape index (κ3) is 4.11. The molecule has 0 spiro atoms. The monoisotopic (exact) mass is 716 g/mol. The summed E-state index contributed by atoms with van der Waals surface area (Å²) in [6, 6.07) is 63.5. The molecule has 266 valence electrons. The number of aromatic nitrogens is 2. The molecule has 0 N–H and O–H groups in total. The van der Waals surface area contributed by atoms with Gasteiger partial charge in [-0.3, -0.25) is 0 Å². The van der Waals surface area contributed by atoms with Gasteiger partial charge in [0.1, 0.15) is 0 Å². The van der Waals surface area contributed by atoms with E-state index in [2.05, 4.69) is 207 Å². The van der Waals surface area contributed by atoms with Crippen molar-refractivity contribution >= 4 is 43.6 Å². The van der Waals surface area contributed by atoms with E-state index >= 15 is 0 Å². The molecule has 0 saturated heterocycles. The third-order valence-electron chi connectivity index (χ3n) is 13.3. The zero-order valence-corrected chi connectivity index (χ0v) is 32.1. The molecule has 56 heavy (non-hydrogen) atoms. The second-order valence-corrected chi connectivity index (χ2v) is 17.0. The predicted octanol–water partition coefficient (Wildman–Crippen LogP) is 14.2. The molecule has 2 heterocycles. The molecule has 0 aliphatic heterocycles. The SMILES string of the molecule is CC1(C)c2cc(-c3ccc4c(c3)C(C)(C)c3cc5c6ccccc6n(-c6ccccc6)c5cc3-4)ccc2-c2cc3c(cc21)c1ccccc1n3-c1ccccc1. The smallest absolute Gasteiger partial charge is 0.0547 e. The van der Waals surface area contributed by atoms with Crippen molar-refractivity contribution in [1.29, 1.82) is 0 Å². The summed E-state index contributed by atoms with van der Waals surface area (Å²) in [4.78, 5) is 0. The lowest BCUT2D eigenvalue weighted by Crippen LogP contribution is -2.15. The van der Waals surface area contributed by atoms with Gasteiger partial charge in [0.2, 0.25) is 0 Å². The number of hydrogen-bond acceptors (Lipinski definition) is 0. The van der Waals surface area contributed by atoms with Gasteiger partial charge < -0.3 is 9.13 Å². The zero-order chi connectivity index (χ0) is 37.5. The second-order valence-electron chi connectivity index (χ2n) is 17.0. The normalized spacial score (nSPS) is 14.7. The van der Waals surface area contributed by atoms with E-state index in [0.717, 1.165) is 0 Å². The lowest BCUT2D eigenvalue weighted by Gasteiger charge is -2.23. The molecule has 2 heteroatoms. The Hall–Kier alpha value is -6.64. The number of rotatable bonds is 3. The van der Waals surface area contributed by atoms with Crippen LogP contribution < -0.4 is 0 Å². The van der Waals surface area contributed by atoms with Crippen molar-refractivity contribution in [3.63, 3.8) is 0 Å². The molecule has 2 aromatic heterocycles. The molecule has 2 aliphatic rings. The van der Waals surface area contributed by atoms with E-state index in [9.17, 15) is 0 Å². The van der Waals surface area contributed by atoms with Crippen molar-refractivity contribution < 1.29 is 0 Å². The summed E-state index contributed by atoms with van der Waals surface area (Å²) < 4.78 is 4.86. The van der Waals surface area contributed by atoms with Gasteiger partial charge in [-0.15, -0.1) is 0 Å². The van der Waals surface area contributed by atoms with Crippen LogP contribution in [0.2, 0.25) is 0 Å². The maximum Gasteiger partial charge on any atom is 0.0547 e. The molecule has 0 saturated carbocycles. The van der Waals surface area contributed by atoms with E-state index in [4.69, 9.17) is 0 Å². The van der Waals surface area contributed by atoms with Crippen molar-refractivity contribution in [2.45, 2.75) is 38.5 Å². The number of fused-ring (bicyclic) bond motifs is 12. The minimum atomic E-state index is -0.140. The highest BCUT2D eigenvalue weighted by atomic mass is 15.0. The van der Waals surface area contributed by atoms with Gasteiger partial charge in [0.25, 0.3) is 0 Å². The van der Waals surface area contributed by atoms with Crippen LogP contribution in [0.15, 0.2) is 170 Å². The average Bonchev–Trinajstić information content (AvgIpc) is 3.88. The molecule has 0 atom stereocenters. The van der Waals surface area contributed by atoms with Crippen molar-refractivity contribution in [1.82, 2.24) is 9.13 Å². The Bertz CT molecular complexity index is 3060. The Labute approximate surface area is 326 Å². The van der Waals surface area contributed by atoms with E-state index in [-0.39, 0.29) is 10.8 Å². The maximum absolute atomic E-state index is 2.48. The van der Waals surface area contributed by atoms with E-state index in [0.29, 0.717) is 0 Å².